The van der Waals surface area contributed by atoms with Crippen LogP contribution in [-0.2, 0) is 19.5 Å². The number of nitrogens with one attached hydrogen (secondary N) is 1. The summed E-state index contributed by atoms with van der Waals surface area (Å²) in [6.45, 7) is 2.09. The molecule has 1 aliphatic rings. The van der Waals surface area contributed by atoms with Gasteiger partial charge >= 0.3 is 0 Å². The van der Waals surface area contributed by atoms with Crippen LogP contribution in [0.4, 0.5) is 4.39 Å². The van der Waals surface area contributed by atoms with Crippen molar-refractivity contribution in [2.75, 3.05) is 6.54 Å². The molecule has 7 heteroatoms. The highest BCUT2D eigenvalue weighted by Crippen LogP contribution is 2.21. The first-order chi connectivity index (χ1) is 14.7. The fourth-order valence-corrected chi connectivity index (χ4v) is 3.90. The summed E-state index contributed by atoms with van der Waals surface area (Å²) in [6.07, 6.45) is 6.01. The third-order valence-electron chi connectivity index (χ3n) is 5.43. The van der Waals surface area contributed by atoms with E-state index in [0.717, 1.165) is 34.7 Å². The standard InChI is InChI=1S/C23H20FN5O/c24-17-3-5-18(6-4-17)29-12-1-2-19(29)14-28-13-9-20-21(15-28)26-22(27-23(20)30)16-7-10-25-11-8-16/h1-8,10-12H,9,13-15H2,(H,26,27,30). The minimum atomic E-state index is -0.249. The largest absolute Gasteiger partial charge is 0.320 e. The Morgan fingerprint density at radius 1 is 1.07 bits per heavy atom. The molecular weight excluding hydrogens is 381 g/mol. The number of rotatable bonds is 4. The molecule has 0 saturated carbocycles. The van der Waals surface area contributed by atoms with Gasteiger partial charge in [0.2, 0.25) is 0 Å². The zero-order valence-corrected chi connectivity index (χ0v) is 16.3. The van der Waals surface area contributed by atoms with E-state index >= 15 is 0 Å². The molecule has 0 fully saturated rings. The predicted octanol–water partition coefficient (Wildman–Crippen LogP) is 3.32. The van der Waals surface area contributed by atoms with Crippen LogP contribution in [0.2, 0.25) is 0 Å². The molecule has 1 N–H and O–H groups in total. The smallest absolute Gasteiger partial charge is 0.254 e. The zero-order chi connectivity index (χ0) is 20.5. The van der Waals surface area contributed by atoms with E-state index in [9.17, 15) is 9.18 Å². The minimum Gasteiger partial charge on any atom is -0.320 e. The van der Waals surface area contributed by atoms with E-state index in [1.165, 1.54) is 12.1 Å². The average Bonchev–Trinajstić information content (AvgIpc) is 3.22. The van der Waals surface area contributed by atoms with E-state index in [4.69, 9.17) is 4.98 Å². The second-order valence-corrected chi connectivity index (χ2v) is 7.38. The van der Waals surface area contributed by atoms with Crippen LogP contribution in [-0.4, -0.2) is 31.0 Å². The van der Waals surface area contributed by atoms with Crippen LogP contribution >= 0.6 is 0 Å². The van der Waals surface area contributed by atoms with Gasteiger partial charge in [-0.15, -0.1) is 0 Å². The third kappa shape index (κ3) is 3.55. The van der Waals surface area contributed by atoms with Crippen molar-refractivity contribution in [3.63, 3.8) is 0 Å². The van der Waals surface area contributed by atoms with E-state index < -0.39 is 0 Å². The third-order valence-corrected chi connectivity index (χ3v) is 5.43. The summed E-state index contributed by atoms with van der Waals surface area (Å²) in [5.41, 5.74) is 4.37. The number of aromatic nitrogens is 4. The highest BCUT2D eigenvalue weighted by Gasteiger charge is 2.22. The van der Waals surface area contributed by atoms with Gasteiger partial charge in [0.1, 0.15) is 11.6 Å². The van der Waals surface area contributed by atoms with E-state index in [1.54, 1.807) is 24.5 Å². The summed E-state index contributed by atoms with van der Waals surface area (Å²) in [5.74, 6) is 0.319. The Morgan fingerprint density at radius 3 is 2.67 bits per heavy atom. The summed E-state index contributed by atoms with van der Waals surface area (Å²) in [5, 5.41) is 0. The predicted molar refractivity (Wildman–Crippen MR) is 112 cm³/mol. The number of benzene rings is 1. The van der Waals surface area contributed by atoms with Crippen molar-refractivity contribution in [2.24, 2.45) is 0 Å². The summed E-state index contributed by atoms with van der Waals surface area (Å²) in [4.78, 5) is 26.5. The SMILES string of the molecule is O=c1[nH]c(-c2ccncc2)nc2c1CCN(Cc1cccn1-c1ccc(F)cc1)C2. The number of H-pyrrole nitrogens is 1. The molecule has 6 nitrogen and oxygen atoms in total. The highest BCUT2D eigenvalue weighted by atomic mass is 19.1. The van der Waals surface area contributed by atoms with Crippen LogP contribution in [0.5, 0.6) is 0 Å². The lowest BCUT2D eigenvalue weighted by molar-refractivity contribution is 0.236. The molecule has 0 spiro atoms. The lowest BCUT2D eigenvalue weighted by atomic mass is 10.1. The normalized spacial score (nSPS) is 13.9. The molecule has 0 atom stereocenters. The molecule has 1 aliphatic heterocycles. The van der Waals surface area contributed by atoms with Gasteiger partial charge in [-0.05, 0) is 55.0 Å². The molecule has 3 aromatic heterocycles. The Labute approximate surface area is 172 Å². The molecule has 0 radical (unpaired) electrons. The maximum atomic E-state index is 13.3. The van der Waals surface area contributed by atoms with Crippen molar-refractivity contribution in [3.05, 3.63) is 100 Å². The van der Waals surface area contributed by atoms with Crippen LogP contribution in [0.1, 0.15) is 17.0 Å². The van der Waals surface area contributed by atoms with E-state index in [-0.39, 0.29) is 11.4 Å². The van der Waals surface area contributed by atoms with Gasteiger partial charge < -0.3 is 9.55 Å². The number of aromatic amines is 1. The summed E-state index contributed by atoms with van der Waals surface area (Å²) >= 11 is 0. The molecule has 0 saturated heterocycles. The fraction of sp³-hybridized carbons (Fsp3) is 0.174. The van der Waals surface area contributed by atoms with Crippen LogP contribution in [0.3, 0.4) is 0 Å². The molecule has 0 unspecified atom stereocenters. The second-order valence-electron chi connectivity index (χ2n) is 7.38. The Morgan fingerprint density at radius 2 is 1.87 bits per heavy atom. The molecular formula is C23H20FN5O. The van der Waals surface area contributed by atoms with Gasteiger partial charge in [0.15, 0.2) is 0 Å². The van der Waals surface area contributed by atoms with E-state index in [0.29, 0.717) is 25.3 Å². The van der Waals surface area contributed by atoms with Crippen molar-refractivity contribution in [2.45, 2.75) is 19.5 Å². The van der Waals surface area contributed by atoms with Crippen molar-refractivity contribution >= 4 is 0 Å². The highest BCUT2D eigenvalue weighted by molar-refractivity contribution is 5.54. The maximum Gasteiger partial charge on any atom is 0.254 e. The number of pyridine rings is 1. The van der Waals surface area contributed by atoms with Crippen molar-refractivity contribution in [1.82, 2.24) is 24.4 Å². The van der Waals surface area contributed by atoms with Gasteiger partial charge in [-0.3, -0.25) is 14.7 Å². The van der Waals surface area contributed by atoms with Crippen molar-refractivity contribution in [1.29, 1.82) is 0 Å². The first-order valence-corrected chi connectivity index (χ1v) is 9.84. The van der Waals surface area contributed by atoms with Gasteiger partial charge in [0.05, 0.1) is 5.69 Å². The fourth-order valence-electron chi connectivity index (χ4n) is 3.90. The van der Waals surface area contributed by atoms with E-state index in [1.807, 2.05) is 24.4 Å². The number of fused-ring (bicyclic) bond motifs is 1. The number of hydrogen-bond acceptors (Lipinski definition) is 4. The van der Waals surface area contributed by atoms with Crippen LogP contribution < -0.4 is 5.56 Å². The molecule has 4 heterocycles. The van der Waals surface area contributed by atoms with Gasteiger partial charge in [0.25, 0.3) is 5.56 Å². The number of hydrogen-bond donors (Lipinski definition) is 1. The van der Waals surface area contributed by atoms with Crippen LogP contribution in [0.25, 0.3) is 17.1 Å². The lowest BCUT2D eigenvalue weighted by Gasteiger charge is -2.28. The Bertz CT molecular complexity index is 1230. The second kappa shape index (κ2) is 7.68. The summed E-state index contributed by atoms with van der Waals surface area (Å²) < 4.78 is 15.3. The number of halogens is 1. The van der Waals surface area contributed by atoms with Crippen molar-refractivity contribution in [3.8, 4) is 17.1 Å². The molecule has 4 aromatic rings. The van der Waals surface area contributed by atoms with Gasteiger partial charge in [-0.2, -0.15) is 0 Å². The summed E-state index contributed by atoms with van der Waals surface area (Å²) in [6, 6.07) is 14.2. The Balaban J connectivity index is 1.40. The lowest BCUT2D eigenvalue weighted by Crippen LogP contribution is -2.35. The molecule has 150 valence electrons. The van der Waals surface area contributed by atoms with Crippen LogP contribution in [0.15, 0.2) is 71.9 Å². The minimum absolute atomic E-state index is 0.0684. The molecule has 0 amide bonds. The van der Waals surface area contributed by atoms with Gasteiger partial charge in [-0.25, -0.2) is 9.37 Å². The topological polar surface area (TPSA) is 66.8 Å². The Kier molecular flexibility index (Phi) is 4.72. The molecule has 1 aromatic carbocycles. The maximum absolute atomic E-state index is 13.3. The van der Waals surface area contributed by atoms with E-state index in [2.05, 4.69) is 25.5 Å². The zero-order valence-electron chi connectivity index (χ0n) is 16.3. The Hall–Kier alpha value is -3.58. The summed E-state index contributed by atoms with van der Waals surface area (Å²) in [7, 11) is 0. The molecule has 0 bridgehead atoms. The van der Waals surface area contributed by atoms with Gasteiger partial charge in [-0.1, -0.05) is 0 Å². The first-order valence-electron chi connectivity index (χ1n) is 9.84. The molecule has 5 rings (SSSR count). The first kappa shape index (κ1) is 18.4. The monoisotopic (exact) mass is 401 g/mol. The molecule has 30 heavy (non-hydrogen) atoms. The van der Waals surface area contributed by atoms with Crippen molar-refractivity contribution < 1.29 is 4.39 Å². The van der Waals surface area contributed by atoms with Gasteiger partial charge in [0, 0.05) is 60.7 Å². The average molecular weight is 401 g/mol. The number of nitrogens with zero attached hydrogens (tertiary/aromatic N) is 4. The quantitative estimate of drug-likeness (QED) is 0.570. The molecule has 0 aliphatic carbocycles. The van der Waals surface area contributed by atoms with Crippen LogP contribution in [0, 0.1) is 5.82 Å².